The van der Waals surface area contributed by atoms with Crippen molar-refractivity contribution in [2.75, 3.05) is 6.54 Å². The number of rotatable bonds is 2. The third kappa shape index (κ3) is 1.86. The first-order valence-electron chi connectivity index (χ1n) is 5.14. The van der Waals surface area contributed by atoms with E-state index >= 15 is 0 Å². The quantitative estimate of drug-likeness (QED) is 0.549. The van der Waals surface area contributed by atoms with E-state index in [4.69, 9.17) is 0 Å². The van der Waals surface area contributed by atoms with Gasteiger partial charge in [0.2, 0.25) is 5.91 Å². The zero-order valence-corrected chi connectivity index (χ0v) is 8.68. The Kier molecular flexibility index (Phi) is 2.81. The van der Waals surface area contributed by atoms with E-state index in [9.17, 15) is 14.4 Å². The highest BCUT2D eigenvalue weighted by Gasteiger charge is 2.31. The summed E-state index contributed by atoms with van der Waals surface area (Å²) in [5.41, 5.74) is 0.326. The average Bonchev–Trinajstić information content (AvgIpc) is 2.75. The highest BCUT2D eigenvalue weighted by Crippen LogP contribution is 2.12. The van der Waals surface area contributed by atoms with Crippen LogP contribution in [0.1, 0.15) is 23.2 Å². The summed E-state index contributed by atoms with van der Waals surface area (Å²) in [7, 11) is 0. The Labute approximate surface area is 92.9 Å². The van der Waals surface area contributed by atoms with Crippen LogP contribution >= 0.6 is 0 Å². The van der Waals surface area contributed by atoms with Gasteiger partial charge in [-0.25, -0.2) is 0 Å². The summed E-state index contributed by atoms with van der Waals surface area (Å²) >= 11 is 0. The number of hydrogen-bond acceptors (Lipinski definition) is 3. The predicted molar refractivity (Wildman–Crippen MR) is 56.7 cm³/mol. The number of imide groups is 1. The smallest absolute Gasteiger partial charge is 0.283 e. The maximum absolute atomic E-state index is 11.7. The molecule has 0 N–H and O–H groups in total. The van der Waals surface area contributed by atoms with Crippen LogP contribution in [0.15, 0.2) is 30.3 Å². The average molecular weight is 217 g/mol. The zero-order valence-electron chi connectivity index (χ0n) is 8.68. The normalized spacial score (nSPS) is 15.2. The van der Waals surface area contributed by atoms with Crippen molar-refractivity contribution < 1.29 is 14.4 Å². The molecule has 1 aromatic carbocycles. The molecule has 1 aliphatic heterocycles. The summed E-state index contributed by atoms with van der Waals surface area (Å²) in [5.74, 6) is -1.58. The minimum atomic E-state index is -0.714. The number of ketones is 1. The van der Waals surface area contributed by atoms with Gasteiger partial charge < -0.3 is 0 Å². The van der Waals surface area contributed by atoms with Crippen LogP contribution in [-0.4, -0.2) is 29.0 Å². The van der Waals surface area contributed by atoms with Crippen molar-refractivity contribution >= 4 is 17.6 Å². The highest BCUT2D eigenvalue weighted by molar-refractivity contribution is 6.44. The van der Waals surface area contributed by atoms with E-state index in [1.165, 1.54) is 0 Å². The fourth-order valence-electron chi connectivity index (χ4n) is 1.70. The van der Waals surface area contributed by atoms with Crippen molar-refractivity contribution in [3.05, 3.63) is 35.9 Å². The third-order valence-corrected chi connectivity index (χ3v) is 2.55. The van der Waals surface area contributed by atoms with Gasteiger partial charge in [-0.05, 0) is 6.42 Å². The van der Waals surface area contributed by atoms with E-state index in [1.54, 1.807) is 30.3 Å². The van der Waals surface area contributed by atoms with Crippen LogP contribution in [0.4, 0.5) is 0 Å². The summed E-state index contributed by atoms with van der Waals surface area (Å²) in [6.07, 6.45) is 1.00. The van der Waals surface area contributed by atoms with Crippen LogP contribution in [0.5, 0.6) is 0 Å². The molecule has 1 saturated heterocycles. The first-order valence-corrected chi connectivity index (χ1v) is 5.14. The van der Waals surface area contributed by atoms with Gasteiger partial charge >= 0.3 is 5.91 Å². The molecule has 0 unspecified atom stereocenters. The molecule has 0 aromatic heterocycles. The van der Waals surface area contributed by atoms with E-state index in [1.807, 2.05) is 0 Å². The molecule has 0 atom stereocenters. The number of hydrogen-bond donors (Lipinski definition) is 0. The summed E-state index contributed by atoms with van der Waals surface area (Å²) in [6, 6.07) is 8.28. The molecule has 0 saturated carbocycles. The van der Waals surface area contributed by atoms with Crippen molar-refractivity contribution in [3.8, 4) is 0 Å². The standard InChI is InChI=1S/C12H11NO3/c14-10-7-4-8-13(10)12(16)11(15)9-5-2-1-3-6-9/h1-3,5-6H,4,7-8H2. The molecule has 82 valence electrons. The molecule has 1 aromatic rings. The molecule has 0 aliphatic carbocycles. The second-order valence-electron chi connectivity index (χ2n) is 3.65. The molecule has 0 bridgehead atoms. The molecule has 1 fully saturated rings. The summed E-state index contributed by atoms with van der Waals surface area (Å²) < 4.78 is 0. The monoisotopic (exact) mass is 217 g/mol. The second-order valence-corrected chi connectivity index (χ2v) is 3.65. The number of nitrogens with zero attached hydrogens (tertiary/aromatic N) is 1. The highest BCUT2D eigenvalue weighted by atomic mass is 16.2. The molecule has 16 heavy (non-hydrogen) atoms. The van der Waals surface area contributed by atoms with E-state index < -0.39 is 11.7 Å². The van der Waals surface area contributed by atoms with E-state index in [0.29, 0.717) is 24.9 Å². The minimum Gasteiger partial charge on any atom is -0.283 e. The molecule has 1 heterocycles. The number of carbonyl (C=O) groups is 3. The lowest BCUT2D eigenvalue weighted by molar-refractivity contribution is -0.138. The van der Waals surface area contributed by atoms with Gasteiger partial charge in [-0.2, -0.15) is 0 Å². The fourth-order valence-corrected chi connectivity index (χ4v) is 1.70. The molecule has 4 heteroatoms. The molecule has 4 nitrogen and oxygen atoms in total. The number of carbonyl (C=O) groups excluding carboxylic acids is 3. The van der Waals surface area contributed by atoms with Crippen molar-refractivity contribution in [2.45, 2.75) is 12.8 Å². The maximum Gasteiger partial charge on any atom is 0.301 e. The van der Waals surface area contributed by atoms with Gasteiger partial charge in [0.1, 0.15) is 0 Å². The Bertz CT molecular complexity index is 439. The van der Waals surface area contributed by atoms with Crippen molar-refractivity contribution in [3.63, 3.8) is 0 Å². The van der Waals surface area contributed by atoms with Crippen LogP contribution in [-0.2, 0) is 9.59 Å². The Hall–Kier alpha value is -1.97. The summed E-state index contributed by atoms with van der Waals surface area (Å²) in [6.45, 7) is 0.357. The molecular weight excluding hydrogens is 206 g/mol. The van der Waals surface area contributed by atoms with Crippen LogP contribution in [0, 0.1) is 0 Å². The van der Waals surface area contributed by atoms with Gasteiger partial charge in [0.05, 0.1) is 0 Å². The van der Waals surface area contributed by atoms with Crippen molar-refractivity contribution in [1.29, 1.82) is 0 Å². The predicted octanol–water partition coefficient (Wildman–Crippen LogP) is 1.02. The summed E-state index contributed by atoms with van der Waals surface area (Å²) in [5, 5.41) is 0. The van der Waals surface area contributed by atoms with Gasteiger partial charge in [-0.1, -0.05) is 30.3 Å². The summed E-state index contributed by atoms with van der Waals surface area (Å²) in [4.78, 5) is 35.8. The Morgan fingerprint density at radius 2 is 1.81 bits per heavy atom. The Balaban J connectivity index is 2.17. The number of likely N-dealkylation sites (tertiary alicyclic amines) is 1. The number of Topliss-reactive ketones (excluding diaryl/α,β-unsaturated/α-hetero) is 1. The maximum atomic E-state index is 11.7. The van der Waals surface area contributed by atoms with Gasteiger partial charge in [0, 0.05) is 18.5 Å². The zero-order chi connectivity index (χ0) is 11.5. The molecule has 2 amide bonds. The van der Waals surface area contributed by atoms with Crippen molar-refractivity contribution in [1.82, 2.24) is 4.90 Å². The SMILES string of the molecule is O=C(C(=O)N1CCCC1=O)c1ccccc1. The third-order valence-electron chi connectivity index (χ3n) is 2.55. The van der Waals surface area contributed by atoms with E-state index in [-0.39, 0.29) is 5.91 Å². The van der Waals surface area contributed by atoms with Crippen LogP contribution in [0.3, 0.4) is 0 Å². The lowest BCUT2D eigenvalue weighted by Crippen LogP contribution is -2.37. The molecule has 0 radical (unpaired) electrons. The van der Waals surface area contributed by atoms with Gasteiger partial charge in [0.15, 0.2) is 0 Å². The fraction of sp³-hybridized carbons (Fsp3) is 0.250. The number of amides is 2. The Morgan fingerprint density at radius 3 is 2.38 bits per heavy atom. The van der Waals surface area contributed by atoms with Gasteiger partial charge in [-0.3, -0.25) is 19.3 Å². The largest absolute Gasteiger partial charge is 0.301 e. The first kappa shape index (κ1) is 10.5. The van der Waals surface area contributed by atoms with Crippen LogP contribution in [0.25, 0.3) is 0 Å². The molecule has 0 spiro atoms. The Morgan fingerprint density at radius 1 is 1.12 bits per heavy atom. The first-order chi connectivity index (χ1) is 7.70. The molecule has 1 aliphatic rings. The van der Waals surface area contributed by atoms with Gasteiger partial charge in [0.25, 0.3) is 5.78 Å². The van der Waals surface area contributed by atoms with Gasteiger partial charge in [-0.15, -0.1) is 0 Å². The van der Waals surface area contributed by atoms with Crippen molar-refractivity contribution in [2.24, 2.45) is 0 Å². The minimum absolute atomic E-state index is 0.255. The van der Waals surface area contributed by atoms with Crippen LogP contribution < -0.4 is 0 Å². The molecular formula is C12H11NO3. The molecule has 2 rings (SSSR count). The van der Waals surface area contributed by atoms with E-state index in [0.717, 1.165) is 4.90 Å². The topological polar surface area (TPSA) is 54.5 Å². The lowest BCUT2D eigenvalue weighted by Gasteiger charge is -2.11. The number of benzene rings is 1. The lowest BCUT2D eigenvalue weighted by atomic mass is 10.1. The van der Waals surface area contributed by atoms with Crippen LogP contribution in [0.2, 0.25) is 0 Å². The van der Waals surface area contributed by atoms with E-state index in [2.05, 4.69) is 0 Å². The second kappa shape index (κ2) is 4.26.